The smallest absolute Gasteiger partial charge is 0.290 e. The molecule has 2 aliphatic rings. The molecule has 25 heavy (non-hydrogen) atoms. The van der Waals surface area contributed by atoms with E-state index in [1.807, 2.05) is 6.92 Å². The first kappa shape index (κ1) is 19.9. The van der Waals surface area contributed by atoms with Crippen molar-refractivity contribution in [1.82, 2.24) is 4.90 Å². The summed E-state index contributed by atoms with van der Waals surface area (Å²) in [6.07, 6.45) is 3.63. The van der Waals surface area contributed by atoms with E-state index >= 15 is 0 Å². The van der Waals surface area contributed by atoms with E-state index in [4.69, 9.17) is 14.6 Å². The van der Waals surface area contributed by atoms with Crippen LogP contribution in [0.4, 0.5) is 0 Å². The molecule has 3 rings (SSSR count). The molecule has 1 aromatic rings. The largest absolute Gasteiger partial charge is 0.483 e. The molecule has 0 aliphatic carbocycles. The van der Waals surface area contributed by atoms with E-state index in [2.05, 4.69) is 36.9 Å². The fraction of sp³-hybridized carbons (Fsp3) is 0.650. The van der Waals surface area contributed by atoms with Gasteiger partial charge in [-0.05, 0) is 51.2 Å². The molecule has 140 valence electrons. The highest BCUT2D eigenvalue weighted by atomic mass is 16.5. The van der Waals surface area contributed by atoms with Gasteiger partial charge in [0.05, 0.1) is 17.8 Å². The van der Waals surface area contributed by atoms with Gasteiger partial charge in [0.25, 0.3) is 6.47 Å². The minimum Gasteiger partial charge on any atom is -0.483 e. The highest BCUT2D eigenvalue weighted by Gasteiger charge is 2.44. The van der Waals surface area contributed by atoms with Crippen molar-refractivity contribution in [2.45, 2.75) is 64.2 Å². The van der Waals surface area contributed by atoms with Crippen LogP contribution in [-0.4, -0.2) is 52.5 Å². The van der Waals surface area contributed by atoms with Crippen LogP contribution in [0, 0.1) is 13.8 Å². The van der Waals surface area contributed by atoms with Gasteiger partial charge in [-0.1, -0.05) is 23.8 Å². The monoisotopic (exact) mass is 349 g/mol. The van der Waals surface area contributed by atoms with Crippen molar-refractivity contribution < 1.29 is 19.7 Å². The fourth-order valence-electron chi connectivity index (χ4n) is 3.97. The molecule has 2 aliphatic heterocycles. The van der Waals surface area contributed by atoms with E-state index in [1.54, 1.807) is 0 Å². The molecule has 1 aromatic carbocycles. The molecule has 0 bridgehead atoms. The number of hydrogen-bond donors (Lipinski definition) is 2. The van der Waals surface area contributed by atoms with Crippen LogP contribution < -0.4 is 0 Å². The summed E-state index contributed by atoms with van der Waals surface area (Å²) >= 11 is 0. The number of aryl methyl sites for hydroxylation is 2. The number of hydrogen-bond acceptors (Lipinski definition) is 4. The zero-order chi connectivity index (χ0) is 18.5. The number of benzene rings is 1. The summed E-state index contributed by atoms with van der Waals surface area (Å²) in [7, 11) is 0. The summed E-state index contributed by atoms with van der Waals surface area (Å²) in [5.41, 5.74) is 3.52. The number of ether oxygens (including phenoxy) is 1. The van der Waals surface area contributed by atoms with Crippen molar-refractivity contribution in [3.8, 4) is 0 Å². The van der Waals surface area contributed by atoms with Crippen LogP contribution in [0.15, 0.2) is 18.2 Å². The average Bonchev–Trinajstić information content (AvgIpc) is 2.53. The van der Waals surface area contributed by atoms with E-state index in [-0.39, 0.29) is 12.1 Å². The Morgan fingerprint density at radius 2 is 1.88 bits per heavy atom. The number of nitrogens with zero attached hydrogens (tertiary/aromatic N) is 1. The minimum atomic E-state index is -0.548. The Morgan fingerprint density at radius 1 is 1.24 bits per heavy atom. The lowest BCUT2D eigenvalue weighted by atomic mass is 9.78. The number of carboxylic acid groups (broad SMARTS) is 1. The standard InChI is InChI=1S/C19H29NO2.CH2O2/c1-15-4-5-16(2)17(12-15)13-20-9-6-19(7-10-20)14-18(3,21)8-11-22-19;2-1-3/h4-5,12,21H,6-11,13-14H2,1-3H3;1H,(H,2,3). The molecule has 2 saturated heterocycles. The maximum absolute atomic E-state index is 10.4. The van der Waals surface area contributed by atoms with E-state index in [0.717, 1.165) is 45.3 Å². The molecule has 5 nitrogen and oxygen atoms in total. The van der Waals surface area contributed by atoms with Crippen LogP contribution in [0.2, 0.25) is 0 Å². The van der Waals surface area contributed by atoms with Crippen LogP contribution in [0.5, 0.6) is 0 Å². The summed E-state index contributed by atoms with van der Waals surface area (Å²) in [5.74, 6) is 0. The molecule has 2 heterocycles. The molecule has 5 heteroatoms. The summed E-state index contributed by atoms with van der Waals surface area (Å²) in [5, 5.41) is 17.3. The van der Waals surface area contributed by atoms with Crippen molar-refractivity contribution in [2.24, 2.45) is 0 Å². The molecule has 1 unspecified atom stereocenters. The zero-order valence-electron chi connectivity index (χ0n) is 15.6. The normalized spacial score (nSPS) is 25.9. The fourth-order valence-corrected chi connectivity index (χ4v) is 3.97. The number of carbonyl (C=O) groups is 1. The van der Waals surface area contributed by atoms with Crippen LogP contribution in [0.1, 0.15) is 49.3 Å². The number of piperidine rings is 1. The van der Waals surface area contributed by atoms with Crippen molar-refractivity contribution in [2.75, 3.05) is 19.7 Å². The first-order valence-corrected chi connectivity index (χ1v) is 9.02. The number of aliphatic hydroxyl groups is 1. The summed E-state index contributed by atoms with van der Waals surface area (Å²) in [6, 6.07) is 6.71. The van der Waals surface area contributed by atoms with Crippen LogP contribution in [0.25, 0.3) is 0 Å². The molecule has 2 N–H and O–H groups in total. The van der Waals surface area contributed by atoms with Gasteiger partial charge >= 0.3 is 0 Å². The molecule has 1 spiro atoms. The van der Waals surface area contributed by atoms with Crippen molar-refractivity contribution in [3.05, 3.63) is 34.9 Å². The molecule has 0 saturated carbocycles. The lowest BCUT2D eigenvalue weighted by Gasteiger charge is -2.48. The van der Waals surface area contributed by atoms with Crippen LogP contribution in [0.3, 0.4) is 0 Å². The maximum atomic E-state index is 10.4. The van der Waals surface area contributed by atoms with Gasteiger partial charge in [-0.15, -0.1) is 0 Å². The third-order valence-electron chi connectivity index (χ3n) is 5.42. The van der Waals surface area contributed by atoms with Crippen molar-refractivity contribution in [3.63, 3.8) is 0 Å². The number of rotatable bonds is 2. The van der Waals surface area contributed by atoms with Gasteiger partial charge < -0.3 is 14.9 Å². The highest BCUT2D eigenvalue weighted by molar-refractivity contribution is 5.32. The van der Waals surface area contributed by atoms with E-state index in [1.165, 1.54) is 16.7 Å². The molecule has 0 aromatic heterocycles. The van der Waals surface area contributed by atoms with Gasteiger partial charge in [0.2, 0.25) is 0 Å². The van der Waals surface area contributed by atoms with E-state index in [9.17, 15) is 5.11 Å². The predicted molar refractivity (Wildman–Crippen MR) is 97.7 cm³/mol. The lowest BCUT2D eigenvalue weighted by Crippen LogP contribution is -2.53. The Kier molecular flexibility index (Phi) is 6.60. The average molecular weight is 349 g/mol. The molecule has 0 radical (unpaired) electrons. The second-order valence-corrected chi connectivity index (χ2v) is 7.77. The van der Waals surface area contributed by atoms with Crippen molar-refractivity contribution >= 4 is 6.47 Å². The highest BCUT2D eigenvalue weighted by Crippen LogP contribution is 2.39. The summed E-state index contributed by atoms with van der Waals surface area (Å²) < 4.78 is 6.10. The molecular formula is C20H31NO4. The third-order valence-corrected chi connectivity index (χ3v) is 5.42. The van der Waals surface area contributed by atoms with Crippen molar-refractivity contribution in [1.29, 1.82) is 0 Å². The Morgan fingerprint density at radius 3 is 2.48 bits per heavy atom. The molecule has 0 amide bonds. The molecule has 1 atom stereocenters. The second kappa shape index (κ2) is 8.30. The quantitative estimate of drug-likeness (QED) is 0.804. The van der Waals surface area contributed by atoms with Gasteiger partial charge in [-0.2, -0.15) is 0 Å². The molecule has 2 fully saturated rings. The van der Waals surface area contributed by atoms with Gasteiger partial charge in [-0.3, -0.25) is 9.69 Å². The van der Waals surface area contributed by atoms with E-state index < -0.39 is 5.60 Å². The van der Waals surface area contributed by atoms with Gasteiger partial charge in [0.15, 0.2) is 0 Å². The Balaban J connectivity index is 0.000000701. The topological polar surface area (TPSA) is 70.0 Å². The Hall–Kier alpha value is -1.43. The van der Waals surface area contributed by atoms with Crippen LogP contribution >= 0.6 is 0 Å². The van der Waals surface area contributed by atoms with Gasteiger partial charge in [-0.25, -0.2) is 0 Å². The predicted octanol–water partition coefficient (Wildman–Crippen LogP) is 2.90. The lowest BCUT2D eigenvalue weighted by molar-refractivity contribution is -0.173. The van der Waals surface area contributed by atoms with Gasteiger partial charge in [0.1, 0.15) is 0 Å². The summed E-state index contributed by atoms with van der Waals surface area (Å²) in [4.78, 5) is 10.9. The summed E-state index contributed by atoms with van der Waals surface area (Å²) in [6.45, 7) is 9.91. The second-order valence-electron chi connectivity index (χ2n) is 7.77. The Bertz CT molecular complexity index is 577. The Labute approximate surface area is 150 Å². The third kappa shape index (κ3) is 5.53. The maximum Gasteiger partial charge on any atom is 0.290 e. The molecular weight excluding hydrogens is 318 g/mol. The number of likely N-dealkylation sites (tertiary alicyclic amines) is 1. The zero-order valence-corrected chi connectivity index (χ0v) is 15.6. The van der Waals surface area contributed by atoms with Crippen LogP contribution in [-0.2, 0) is 16.1 Å². The van der Waals surface area contributed by atoms with Gasteiger partial charge in [0, 0.05) is 26.1 Å². The van der Waals surface area contributed by atoms with E-state index in [0.29, 0.717) is 6.61 Å². The first-order valence-electron chi connectivity index (χ1n) is 9.02. The SMILES string of the molecule is Cc1ccc(C)c(CN2CCC3(CC2)CC(C)(O)CCO3)c1.O=CO. The first-order chi connectivity index (χ1) is 11.8. The minimum absolute atomic E-state index is 0.0834.